The van der Waals surface area contributed by atoms with Crippen molar-refractivity contribution in [1.82, 2.24) is 0 Å². The highest BCUT2D eigenvalue weighted by Crippen LogP contribution is 2.37. The molecular formula is C28H32B2N2O4. The number of hydrogen-bond acceptors (Lipinski definition) is 6. The zero-order valence-electron chi connectivity index (χ0n) is 22.3. The van der Waals surface area contributed by atoms with E-state index >= 15 is 0 Å². The first-order valence-electron chi connectivity index (χ1n) is 12.2. The molecule has 6 nitrogen and oxygen atoms in total. The van der Waals surface area contributed by atoms with E-state index in [0.29, 0.717) is 22.3 Å². The average Bonchev–Trinajstić information content (AvgIpc) is 3.17. The molecule has 0 N–H and O–H groups in total. The van der Waals surface area contributed by atoms with Gasteiger partial charge in [-0.1, -0.05) is 48.5 Å². The van der Waals surface area contributed by atoms with Gasteiger partial charge in [0.05, 0.1) is 33.6 Å². The number of benzene rings is 2. The quantitative estimate of drug-likeness (QED) is 0.368. The number of allylic oxidation sites excluding steroid dienone is 2. The van der Waals surface area contributed by atoms with Crippen LogP contribution in [0.2, 0.25) is 0 Å². The first-order chi connectivity index (χ1) is 16.7. The van der Waals surface area contributed by atoms with Crippen LogP contribution in [0.4, 0.5) is 0 Å². The molecule has 0 aromatic heterocycles. The lowest BCUT2D eigenvalue weighted by atomic mass is 9.78. The Kier molecular flexibility index (Phi) is 6.48. The van der Waals surface area contributed by atoms with Gasteiger partial charge in [0.1, 0.15) is 12.1 Å². The summed E-state index contributed by atoms with van der Waals surface area (Å²) in [6, 6.07) is 19.3. The molecule has 2 aromatic carbocycles. The Labute approximate surface area is 215 Å². The van der Waals surface area contributed by atoms with Gasteiger partial charge >= 0.3 is 14.2 Å². The second kappa shape index (κ2) is 8.91. The normalized spacial score (nSPS) is 22.1. The maximum Gasteiger partial charge on any atom is 0.494 e. The molecule has 2 saturated heterocycles. The Bertz CT molecular complexity index is 1140. The molecule has 0 unspecified atom stereocenters. The predicted molar refractivity (Wildman–Crippen MR) is 142 cm³/mol. The SMILES string of the molecule is CC1(C)OB(c2ccc(C(C#N)=C(C#N)c3ccc(B4OC(C)(C)C(C)(C)O4)cc3)cc2)OC1(C)C. The maximum absolute atomic E-state index is 9.95. The molecule has 0 radical (unpaired) electrons. The van der Waals surface area contributed by atoms with E-state index in [-0.39, 0.29) is 0 Å². The monoisotopic (exact) mass is 482 g/mol. The van der Waals surface area contributed by atoms with Crippen LogP contribution in [0.25, 0.3) is 11.1 Å². The fraction of sp³-hybridized carbons (Fsp3) is 0.429. The second-order valence-electron chi connectivity index (χ2n) is 11.4. The van der Waals surface area contributed by atoms with Gasteiger partial charge in [-0.25, -0.2) is 0 Å². The fourth-order valence-corrected chi connectivity index (χ4v) is 4.10. The van der Waals surface area contributed by atoms with E-state index in [2.05, 4.69) is 12.1 Å². The summed E-state index contributed by atoms with van der Waals surface area (Å²) < 4.78 is 24.5. The summed E-state index contributed by atoms with van der Waals surface area (Å²) in [6.45, 7) is 16.1. The minimum absolute atomic E-state index is 0.307. The molecular weight excluding hydrogens is 450 g/mol. The third-order valence-corrected chi connectivity index (χ3v) is 7.92. The van der Waals surface area contributed by atoms with Crippen LogP contribution in [0.1, 0.15) is 66.5 Å². The van der Waals surface area contributed by atoms with E-state index in [1.165, 1.54) is 0 Å². The summed E-state index contributed by atoms with van der Waals surface area (Å²) >= 11 is 0. The topological polar surface area (TPSA) is 84.5 Å². The van der Waals surface area contributed by atoms with Gasteiger partial charge in [-0.3, -0.25) is 0 Å². The molecule has 0 aliphatic carbocycles. The minimum Gasteiger partial charge on any atom is -0.399 e. The molecule has 0 spiro atoms. The number of nitriles is 2. The molecule has 8 heteroatoms. The van der Waals surface area contributed by atoms with Crippen molar-refractivity contribution in [2.75, 3.05) is 0 Å². The summed E-state index contributed by atoms with van der Waals surface area (Å²) in [6.07, 6.45) is 0. The van der Waals surface area contributed by atoms with Crippen LogP contribution >= 0.6 is 0 Å². The van der Waals surface area contributed by atoms with Gasteiger partial charge in [-0.2, -0.15) is 10.5 Å². The predicted octanol–water partition coefficient (Wildman–Crippen LogP) is 4.24. The Hall–Kier alpha value is -2.87. The molecule has 0 bridgehead atoms. The van der Waals surface area contributed by atoms with E-state index in [0.717, 1.165) is 10.9 Å². The summed E-state index contributed by atoms with van der Waals surface area (Å²) in [5, 5.41) is 19.9. The average molecular weight is 482 g/mol. The van der Waals surface area contributed by atoms with Crippen molar-refractivity contribution in [3.63, 3.8) is 0 Å². The Morgan fingerprint density at radius 3 is 1.00 bits per heavy atom. The van der Waals surface area contributed by atoms with Gasteiger partial charge in [-0.15, -0.1) is 0 Å². The highest BCUT2D eigenvalue weighted by atomic mass is 16.7. The number of hydrogen-bond donors (Lipinski definition) is 0. The Morgan fingerprint density at radius 2 is 0.778 bits per heavy atom. The summed E-state index contributed by atoms with van der Waals surface area (Å²) in [5.74, 6) is 0. The molecule has 2 fully saturated rings. The highest BCUT2D eigenvalue weighted by molar-refractivity contribution is 6.62. The molecule has 0 saturated carbocycles. The van der Waals surface area contributed by atoms with Gasteiger partial charge in [-0.05, 0) is 77.4 Å². The Balaban J connectivity index is 1.59. The second-order valence-corrected chi connectivity index (χ2v) is 11.4. The summed E-state index contributed by atoms with van der Waals surface area (Å²) in [7, 11) is -0.979. The third-order valence-electron chi connectivity index (χ3n) is 7.92. The molecule has 2 aliphatic heterocycles. The molecule has 36 heavy (non-hydrogen) atoms. The lowest BCUT2D eigenvalue weighted by Crippen LogP contribution is -2.41. The number of nitrogens with zero attached hydrogens (tertiary/aromatic N) is 2. The highest BCUT2D eigenvalue weighted by Gasteiger charge is 2.52. The number of rotatable bonds is 4. The first kappa shape index (κ1) is 26.2. The van der Waals surface area contributed by atoms with Crippen molar-refractivity contribution in [3.8, 4) is 12.1 Å². The van der Waals surface area contributed by atoms with Crippen LogP contribution in [0.15, 0.2) is 48.5 Å². The smallest absolute Gasteiger partial charge is 0.399 e. The van der Waals surface area contributed by atoms with Crippen LogP contribution in [0, 0.1) is 22.7 Å². The van der Waals surface area contributed by atoms with E-state index in [4.69, 9.17) is 18.6 Å². The molecule has 0 atom stereocenters. The zero-order chi connectivity index (χ0) is 26.5. The van der Waals surface area contributed by atoms with Crippen LogP contribution in [-0.4, -0.2) is 36.6 Å². The van der Waals surface area contributed by atoms with Crippen molar-refractivity contribution in [2.24, 2.45) is 0 Å². The molecule has 4 rings (SSSR count). The van der Waals surface area contributed by atoms with Crippen molar-refractivity contribution in [1.29, 1.82) is 10.5 Å². The van der Waals surface area contributed by atoms with Gasteiger partial charge in [0.15, 0.2) is 0 Å². The summed E-state index contributed by atoms with van der Waals surface area (Å²) in [5.41, 5.74) is 1.90. The van der Waals surface area contributed by atoms with Crippen molar-refractivity contribution < 1.29 is 18.6 Å². The molecule has 2 aliphatic rings. The first-order valence-corrected chi connectivity index (χ1v) is 12.2. The summed E-state index contributed by atoms with van der Waals surface area (Å²) in [4.78, 5) is 0. The minimum atomic E-state index is -0.489. The maximum atomic E-state index is 9.95. The zero-order valence-corrected chi connectivity index (χ0v) is 22.3. The van der Waals surface area contributed by atoms with Crippen LogP contribution in [-0.2, 0) is 18.6 Å². The van der Waals surface area contributed by atoms with Crippen LogP contribution in [0.5, 0.6) is 0 Å². The lowest BCUT2D eigenvalue weighted by Gasteiger charge is -2.32. The fourth-order valence-electron chi connectivity index (χ4n) is 4.10. The van der Waals surface area contributed by atoms with E-state index in [1.54, 1.807) is 0 Å². The standard InChI is InChI=1S/C28H32B2N2O4/c1-25(2)26(3,4)34-29(33-25)21-13-9-19(10-14-21)23(17-31)24(18-32)20-11-15-22(16-12-20)30-35-27(5,6)28(7,8)36-30/h9-16H,1-8H3. The van der Waals surface area contributed by atoms with Crippen molar-refractivity contribution in [2.45, 2.75) is 77.8 Å². The molecule has 2 aromatic rings. The van der Waals surface area contributed by atoms with Gasteiger partial charge in [0.25, 0.3) is 0 Å². The molecule has 0 amide bonds. The van der Waals surface area contributed by atoms with Gasteiger partial charge in [0, 0.05) is 0 Å². The van der Waals surface area contributed by atoms with Crippen LogP contribution < -0.4 is 10.9 Å². The van der Waals surface area contributed by atoms with E-state index in [9.17, 15) is 10.5 Å². The van der Waals surface area contributed by atoms with Crippen LogP contribution in [0.3, 0.4) is 0 Å². The van der Waals surface area contributed by atoms with Crippen molar-refractivity contribution in [3.05, 3.63) is 59.7 Å². The molecule has 184 valence electrons. The van der Waals surface area contributed by atoms with Crippen molar-refractivity contribution >= 4 is 36.3 Å². The van der Waals surface area contributed by atoms with Gasteiger partial charge < -0.3 is 18.6 Å². The van der Waals surface area contributed by atoms with E-state index < -0.39 is 36.6 Å². The van der Waals surface area contributed by atoms with E-state index in [1.807, 2.05) is 104 Å². The largest absolute Gasteiger partial charge is 0.494 e. The lowest BCUT2D eigenvalue weighted by molar-refractivity contribution is 0.00578. The Morgan fingerprint density at radius 1 is 0.528 bits per heavy atom. The third kappa shape index (κ3) is 4.51. The molecule has 2 heterocycles. The van der Waals surface area contributed by atoms with Gasteiger partial charge in [0.2, 0.25) is 0 Å².